The number of benzene rings is 2. The monoisotopic (exact) mass is 388 g/mol. The number of hydrogen-bond acceptors (Lipinski definition) is 4. The summed E-state index contributed by atoms with van der Waals surface area (Å²) in [5, 5.41) is 0.0926. The van der Waals surface area contributed by atoms with Crippen LogP contribution in [0.1, 0.15) is 6.42 Å². The molecule has 0 atom stereocenters. The minimum atomic E-state index is -0.823. The fourth-order valence-corrected chi connectivity index (χ4v) is 3.56. The largest absolute Gasteiger partial charge is 0.422 e. The van der Waals surface area contributed by atoms with Crippen molar-refractivity contribution >= 4 is 16.7 Å². The van der Waals surface area contributed by atoms with Gasteiger partial charge in [-0.25, -0.2) is 18.0 Å². The van der Waals surface area contributed by atoms with E-state index in [9.17, 15) is 18.0 Å². The predicted octanol–water partition coefficient (Wildman–Crippen LogP) is 4.02. The van der Waals surface area contributed by atoms with E-state index >= 15 is 0 Å². The van der Waals surface area contributed by atoms with Crippen LogP contribution in [0, 0.1) is 17.5 Å². The van der Waals surface area contributed by atoms with Crippen molar-refractivity contribution in [1.82, 2.24) is 4.90 Å². The number of halogens is 3. The summed E-state index contributed by atoms with van der Waals surface area (Å²) >= 11 is 0. The van der Waals surface area contributed by atoms with Crippen molar-refractivity contribution in [1.29, 1.82) is 0 Å². The maximum Gasteiger partial charge on any atom is 0.344 e. The Balaban J connectivity index is 1.79. The molecule has 4 nitrogen and oxygen atoms in total. The lowest BCUT2D eigenvalue weighted by Gasteiger charge is -2.23. The molecule has 4 rings (SSSR count). The molecule has 1 aliphatic heterocycles. The zero-order valence-electron chi connectivity index (χ0n) is 15.3. The Morgan fingerprint density at radius 1 is 0.893 bits per heavy atom. The fraction of sp³-hybridized carbons (Fsp3) is 0.286. The highest BCUT2D eigenvalue weighted by Gasteiger charge is 2.17. The van der Waals surface area contributed by atoms with Gasteiger partial charge in [-0.15, -0.1) is 0 Å². The van der Waals surface area contributed by atoms with E-state index in [2.05, 4.69) is 9.80 Å². The molecule has 1 fully saturated rings. The quantitative estimate of drug-likeness (QED) is 0.622. The summed E-state index contributed by atoms with van der Waals surface area (Å²) < 4.78 is 47.1. The normalized spacial score (nSPS) is 15.8. The number of fused-ring (bicyclic) bond motifs is 1. The molecule has 2 heterocycles. The smallest absolute Gasteiger partial charge is 0.344 e. The van der Waals surface area contributed by atoms with Crippen LogP contribution < -0.4 is 10.5 Å². The standard InChI is InChI=1S/C21H19F3N2O2/c1-25-3-2-4-26(6-5-25)16-10-19(24)18-12-17(21(27)28-20(18)11-16)13-7-14(22)9-15(23)8-13/h7-12H,2-6H2,1H3. The summed E-state index contributed by atoms with van der Waals surface area (Å²) in [5.41, 5.74) is -0.1000. The summed E-state index contributed by atoms with van der Waals surface area (Å²) in [6.07, 6.45) is 0.949. The lowest BCUT2D eigenvalue weighted by atomic mass is 10.0. The first-order valence-corrected chi connectivity index (χ1v) is 9.08. The molecule has 0 radical (unpaired) electrons. The van der Waals surface area contributed by atoms with Crippen molar-refractivity contribution in [2.24, 2.45) is 0 Å². The van der Waals surface area contributed by atoms with Crippen LogP contribution in [0.15, 0.2) is 45.6 Å². The van der Waals surface area contributed by atoms with E-state index in [0.717, 1.165) is 44.7 Å². The lowest BCUT2D eigenvalue weighted by Crippen LogP contribution is -2.28. The molecular formula is C21H19F3N2O2. The van der Waals surface area contributed by atoms with Gasteiger partial charge in [-0.2, -0.15) is 0 Å². The van der Waals surface area contributed by atoms with Crippen LogP contribution in [0.5, 0.6) is 0 Å². The molecule has 1 aliphatic rings. The van der Waals surface area contributed by atoms with Gasteiger partial charge in [-0.3, -0.25) is 0 Å². The van der Waals surface area contributed by atoms with Gasteiger partial charge >= 0.3 is 5.63 Å². The van der Waals surface area contributed by atoms with Crippen molar-refractivity contribution in [3.63, 3.8) is 0 Å². The molecule has 28 heavy (non-hydrogen) atoms. The minimum absolute atomic E-state index is 0.00665. The van der Waals surface area contributed by atoms with E-state index in [0.29, 0.717) is 11.8 Å². The second kappa shape index (κ2) is 7.31. The second-order valence-corrected chi connectivity index (χ2v) is 7.09. The first-order valence-electron chi connectivity index (χ1n) is 9.08. The Kier molecular flexibility index (Phi) is 4.85. The van der Waals surface area contributed by atoms with Gasteiger partial charge in [0.15, 0.2) is 0 Å². The van der Waals surface area contributed by atoms with Crippen molar-refractivity contribution in [2.45, 2.75) is 6.42 Å². The molecule has 1 aromatic heterocycles. The van der Waals surface area contributed by atoms with Gasteiger partial charge in [-0.05, 0) is 49.8 Å². The van der Waals surface area contributed by atoms with Crippen molar-refractivity contribution in [3.8, 4) is 11.1 Å². The van der Waals surface area contributed by atoms with E-state index in [1.54, 1.807) is 6.07 Å². The average Bonchev–Trinajstić information content (AvgIpc) is 2.84. The Morgan fingerprint density at radius 3 is 2.39 bits per heavy atom. The van der Waals surface area contributed by atoms with E-state index in [1.165, 1.54) is 12.1 Å². The molecule has 0 unspecified atom stereocenters. The minimum Gasteiger partial charge on any atom is -0.422 e. The van der Waals surface area contributed by atoms with Crippen LogP contribution in [-0.2, 0) is 0 Å². The predicted molar refractivity (Wildman–Crippen MR) is 102 cm³/mol. The van der Waals surface area contributed by atoms with Crippen LogP contribution in [0.4, 0.5) is 18.9 Å². The lowest BCUT2D eigenvalue weighted by molar-refractivity contribution is 0.360. The van der Waals surface area contributed by atoms with E-state index in [4.69, 9.17) is 4.42 Å². The van der Waals surface area contributed by atoms with Gasteiger partial charge in [0.25, 0.3) is 0 Å². The Bertz CT molecular complexity index is 1080. The second-order valence-electron chi connectivity index (χ2n) is 7.09. The molecule has 2 aromatic carbocycles. The number of anilines is 1. The molecule has 0 bridgehead atoms. The first kappa shape index (κ1) is 18.6. The fourth-order valence-electron chi connectivity index (χ4n) is 3.56. The Morgan fingerprint density at radius 2 is 1.64 bits per heavy atom. The van der Waals surface area contributed by atoms with E-state index < -0.39 is 23.1 Å². The number of likely N-dealkylation sites (N-methyl/N-ethyl adjacent to an activating group) is 1. The number of nitrogens with zero attached hydrogens (tertiary/aromatic N) is 2. The van der Waals surface area contributed by atoms with E-state index in [1.807, 2.05) is 7.05 Å². The molecule has 0 N–H and O–H groups in total. The highest BCUT2D eigenvalue weighted by Crippen LogP contribution is 2.29. The van der Waals surface area contributed by atoms with Crippen LogP contribution in [0.3, 0.4) is 0 Å². The highest BCUT2D eigenvalue weighted by atomic mass is 19.1. The Hall–Kier alpha value is -2.80. The average molecular weight is 388 g/mol. The topological polar surface area (TPSA) is 36.7 Å². The molecule has 3 aromatic rings. The van der Waals surface area contributed by atoms with Crippen molar-refractivity contribution in [3.05, 3.63) is 64.3 Å². The third-order valence-corrected chi connectivity index (χ3v) is 5.05. The third kappa shape index (κ3) is 3.62. The van der Waals surface area contributed by atoms with Gasteiger partial charge in [-0.1, -0.05) is 0 Å². The molecule has 0 spiro atoms. The summed E-state index contributed by atoms with van der Waals surface area (Å²) in [5.74, 6) is -2.19. The zero-order chi connectivity index (χ0) is 19.8. The SMILES string of the molecule is CN1CCCN(c2cc(F)c3cc(-c4cc(F)cc(F)c4)c(=O)oc3c2)CC1. The van der Waals surface area contributed by atoms with Gasteiger partial charge in [0.1, 0.15) is 23.0 Å². The molecule has 7 heteroatoms. The summed E-state index contributed by atoms with van der Waals surface area (Å²) in [4.78, 5) is 16.7. The summed E-state index contributed by atoms with van der Waals surface area (Å²) in [6.45, 7) is 3.34. The zero-order valence-corrected chi connectivity index (χ0v) is 15.3. The highest BCUT2D eigenvalue weighted by molar-refractivity contribution is 5.85. The number of hydrogen-bond donors (Lipinski definition) is 0. The maximum atomic E-state index is 14.8. The van der Waals surface area contributed by atoms with Crippen molar-refractivity contribution in [2.75, 3.05) is 38.1 Å². The number of rotatable bonds is 2. The van der Waals surface area contributed by atoms with E-state index in [-0.39, 0.29) is 22.1 Å². The van der Waals surface area contributed by atoms with Crippen molar-refractivity contribution < 1.29 is 17.6 Å². The third-order valence-electron chi connectivity index (χ3n) is 5.05. The van der Waals surface area contributed by atoms with Crippen LogP contribution >= 0.6 is 0 Å². The summed E-state index contributed by atoms with van der Waals surface area (Å²) in [7, 11) is 2.04. The van der Waals surface area contributed by atoms with Gasteiger partial charge in [0.2, 0.25) is 0 Å². The van der Waals surface area contributed by atoms with Gasteiger partial charge < -0.3 is 14.2 Å². The molecule has 1 saturated heterocycles. The molecule has 0 aliphatic carbocycles. The molecule has 0 amide bonds. The van der Waals surface area contributed by atoms with Crippen LogP contribution in [-0.4, -0.2) is 38.1 Å². The van der Waals surface area contributed by atoms with Gasteiger partial charge in [0.05, 0.1) is 10.9 Å². The van der Waals surface area contributed by atoms with Crippen LogP contribution in [0.25, 0.3) is 22.1 Å². The first-order chi connectivity index (χ1) is 13.4. The molecule has 146 valence electrons. The van der Waals surface area contributed by atoms with Crippen LogP contribution in [0.2, 0.25) is 0 Å². The summed E-state index contributed by atoms with van der Waals surface area (Å²) in [6, 6.07) is 7.06. The van der Waals surface area contributed by atoms with Gasteiger partial charge in [0, 0.05) is 37.5 Å². The molecule has 0 saturated carbocycles. The maximum absolute atomic E-state index is 14.8. The Labute approximate surface area is 159 Å². The molecular weight excluding hydrogens is 369 g/mol.